The second-order valence-electron chi connectivity index (χ2n) is 8.22. The first-order valence-corrected chi connectivity index (χ1v) is 11.6. The van der Waals surface area contributed by atoms with Gasteiger partial charge in [-0.2, -0.15) is 0 Å². The molecule has 0 N–H and O–H groups in total. The second-order valence-corrected chi connectivity index (χ2v) is 9.22. The summed E-state index contributed by atoms with van der Waals surface area (Å²) >= 11 is 1.77. The molecule has 1 aromatic heterocycles. The maximum atomic E-state index is 13.4. The molecule has 0 radical (unpaired) electrons. The first-order valence-electron chi connectivity index (χ1n) is 10.7. The molecule has 0 spiro atoms. The Morgan fingerprint density at radius 3 is 2.66 bits per heavy atom. The van der Waals surface area contributed by atoms with Gasteiger partial charge in [-0.15, -0.1) is 11.3 Å². The third kappa shape index (κ3) is 5.27. The van der Waals surface area contributed by atoms with Gasteiger partial charge in [0.1, 0.15) is 0 Å². The molecule has 156 valence electrons. The summed E-state index contributed by atoms with van der Waals surface area (Å²) in [7, 11) is 0. The fraction of sp³-hybridized carbons (Fsp3) is 0.500. The van der Waals surface area contributed by atoms with Crippen LogP contribution in [0.5, 0.6) is 0 Å². The van der Waals surface area contributed by atoms with Crippen molar-refractivity contribution < 1.29 is 9.59 Å². The molecular weight excluding hydrogens is 380 g/mol. The number of carbonyl (C=O) groups excluding carboxylic acids is 2. The molecule has 2 heterocycles. The summed E-state index contributed by atoms with van der Waals surface area (Å²) in [6.45, 7) is 7.74. The van der Waals surface area contributed by atoms with E-state index in [0.29, 0.717) is 25.4 Å². The van der Waals surface area contributed by atoms with E-state index in [2.05, 4.69) is 30.5 Å². The number of thiophene rings is 1. The predicted octanol–water partition coefficient (Wildman–Crippen LogP) is 4.90. The van der Waals surface area contributed by atoms with Gasteiger partial charge in [-0.1, -0.05) is 57.5 Å². The van der Waals surface area contributed by atoms with E-state index in [9.17, 15) is 9.59 Å². The van der Waals surface area contributed by atoms with E-state index in [-0.39, 0.29) is 24.4 Å². The number of unbranched alkanes of at least 4 members (excludes halogenated alkanes) is 1. The van der Waals surface area contributed by atoms with Gasteiger partial charge in [0.2, 0.25) is 11.8 Å². The van der Waals surface area contributed by atoms with Crippen molar-refractivity contribution in [1.29, 1.82) is 0 Å². The number of fused-ring (bicyclic) bond motifs is 1. The van der Waals surface area contributed by atoms with Crippen LogP contribution >= 0.6 is 11.3 Å². The standard InChI is InChI=1S/C24H32N2O2S/c1-4-5-13-25(22(27)16-18(2)3)17-23(28)26-14-11-21-20(12-15-29-21)24(26)19-9-7-6-8-10-19/h6-10,12,15,18,24H,4-5,11,13-14,16-17H2,1-3H3/t24-/m0/s1. The highest BCUT2D eigenvalue weighted by molar-refractivity contribution is 7.10. The van der Waals surface area contributed by atoms with Crippen LogP contribution in [0, 0.1) is 5.92 Å². The number of benzene rings is 1. The Balaban J connectivity index is 1.82. The zero-order chi connectivity index (χ0) is 20.8. The van der Waals surface area contributed by atoms with Crippen molar-refractivity contribution in [2.45, 2.75) is 52.5 Å². The highest BCUT2D eigenvalue weighted by atomic mass is 32.1. The van der Waals surface area contributed by atoms with Gasteiger partial charge in [0, 0.05) is 24.4 Å². The van der Waals surface area contributed by atoms with Gasteiger partial charge < -0.3 is 9.80 Å². The van der Waals surface area contributed by atoms with Crippen molar-refractivity contribution in [3.05, 3.63) is 57.8 Å². The van der Waals surface area contributed by atoms with Gasteiger partial charge >= 0.3 is 0 Å². The topological polar surface area (TPSA) is 40.6 Å². The lowest BCUT2D eigenvalue weighted by Crippen LogP contribution is -2.47. The predicted molar refractivity (Wildman–Crippen MR) is 119 cm³/mol. The Hall–Kier alpha value is -2.14. The van der Waals surface area contributed by atoms with Crippen molar-refractivity contribution >= 4 is 23.2 Å². The second kappa shape index (κ2) is 10.1. The number of hydrogen-bond donors (Lipinski definition) is 0. The summed E-state index contributed by atoms with van der Waals surface area (Å²) < 4.78 is 0. The molecule has 2 aromatic rings. The van der Waals surface area contributed by atoms with Crippen LogP contribution < -0.4 is 0 Å². The minimum absolute atomic E-state index is 0.0453. The minimum Gasteiger partial charge on any atom is -0.333 e. The SMILES string of the molecule is CCCCN(CC(=O)N1CCc2sccc2[C@@H]1c1ccccc1)C(=O)CC(C)C. The molecule has 3 rings (SSSR count). The zero-order valence-corrected chi connectivity index (χ0v) is 18.6. The molecule has 4 nitrogen and oxygen atoms in total. The van der Waals surface area contributed by atoms with Crippen LogP contribution in [0.3, 0.4) is 0 Å². The molecule has 1 aliphatic heterocycles. The third-order valence-corrected chi connectivity index (χ3v) is 6.44. The number of amides is 2. The van der Waals surface area contributed by atoms with Crippen LogP contribution in [0.4, 0.5) is 0 Å². The molecule has 0 fully saturated rings. The summed E-state index contributed by atoms with van der Waals surface area (Å²) in [5, 5.41) is 2.12. The van der Waals surface area contributed by atoms with Crippen LogP contribution in [-0.2, 0) is 16.0 Å². The highest BCUT2D eigenvalue weighted by Gasteiger charge is 2.33. The van der Waals surface area contributed by atoms with Crippen molar-refractivity contribution in [2.75, 3.05) is 19.6 Å². The fourth-order valence-electron chi connectivity index (χ4n) is 3.95. The van der Waals surface area contributed by atoms with Crippen molar-refractivity contribution in [3.63, 3.8) is 0 Å². The minimum atomic E-state index is -0.0630. The van der Waals surface area contributed by atoms with E-state index in [4.69, 9.17) is 0 Å². The number of hydrogen-bond acceptors (Lipinski definition) is 3. The molecule has 0 saturated carbocycles. The first kappa shape index (κ1) is 21.6. The van der Waals surface area contributed by atoms with Gasteiger partial charge in [0.15, 0.2) is 0 Å². The molecule has 0 saturated heterocycles. The van der Waals surface area contributed by atoms with Crippen LogP contribution in [0.2, 0.25) is 0 Å². The van der Waals surface area contributed by atoms with Crippen LogP contribution in [0.25, 0.3) is 0 Å². The Morgan fingerprint density at radius 1 is 1.21 bits per heavy atom. The quantitative estimate of drug-likeness (QED) is 0.619. The van der Waals surface area contributed by atoms with Crippen molar-refractivity contribution in [3.8, 4) is 0 Å². The third-order valence-electron chi connectivity index (χ3n) is 5.44. The summed E-state index contributed by atoms with van der Waals surface area (Å²) in [5.74, 6) is 0.428. The Labute approximate surface area is 178 Å². The van der Waals surface area contributed by atoms with Crippen LogP contribution in [-0.4, -0.2) is 41.2 Å². The molecule has 0 bridgehead atoms. The first-order chi connectivity index (χ1) is 14.0. The van der Waals surface area contributed by atoms with Crippen LogP contribution in [0.1, 0.15) is 62.1 Å². The Bertz CT molecular complexity index is 815. The maximum Gasteiger partial charge on any atom is 0.242 e. The Morgan fingerprint density at radius 2 is 1.97 bits per heavy atom. The van der Waals surface area contributed by atoms with E-state index >= 15 is 0 Å². The molecule has 0 unspecified atom stereocenters. The lowest BCUT2D eigenvalue weighted by molar-refractivity contribution is -0.142. The molecule has 0 aliphatic carbocycles. The van der Waals surface area contributed by atoms with E-state index in [1.54, 1.807) is 16.2 Å². The fourth-order valence-corrected chi connectivity index (χ4v) is 4.86. The average molecular weight is 413 g/mol. The normalized spacial score (nSPS) is 16.0. The Kier molecular flexibility index (Phi) is 7.48. The molecular formula is C24H32N2O2S. The molecule has 2 amide bonds. The van der Waals surface area contributed by atoms with E-state index < -0.39 is 0 Å². The van der Waals surface area contributed by atoms with Gasteiger partial charge in [-0.3, -0.25) is 9.59 Å². The highest BCUT2D eigenvalue weighted by Crippen LogP contribution is 2.37. The molecule has 29 heavy (non-hydrogen) atoms. The summed E-state index contributed by atoms with van der Waals surface area (Å²) in [6, 6.07) is 12.3. The summed E-state index contributed by atoms with van der Waals surface area (Å²) in [4.78, 5) is 31.3. The van der Waals surface area contributed by atoms with Gasteiger partial charge in [0.25, 0.3) is 0 Å². The van der Waals surface area contributed by atoms with Gasteiger partial charge in [-0.25, -0.2) is 0 Å². The lowest BCUT2D eigenvalue weighted by Gasteiger charge is -2.37. The number of nitrogens with zero attached hydrogens (tertiary/aromatic N) is 2. The average Bonchev–Trinajstić information content (AvgIpc) is 3.19. The van der Waals surface area contributed by atoms with Crippen molar-refractivity contribution in [1.82, 2.24) is 9.80 Å². The smallest absolute Gasteiger partial charge is 0.242 e. The van der Waals surface area contributed by atoms with Crippen molar-refractivity contribution in [2.24, 2.45) is 5.92 Å². The number of rotatable bonds is 8. The monoisotopic (exact) mass is 412 g/mol. The van der Waals surface area contributed by atoms with Gasteiger partial charge in [-0.05, 0) is 41.3 Å². The molecule has 5 heteroatoms. The summed E-state index contributed by atoms with van der Waals surface area (Å²) in [6.07, 6.45) is 3.31. The largest absolute Gasteiger partial charge is 0.333 e. The summed E-state index contributed by atoms with van der Waals surface area (Å²) in [5.41, 5.74) is 2.36. The van der Waals surface area contributed by atoms with E-state index in [1.165, 1.54) is 10.4 Å². The molecule has 1 atom stereocenters. The lowest BCUT2D eigenvalue weighted by atomic mass is 9.93. The maximum absolute atomic E-state index is 13.4. The zero-order valence-electron chi connectivity index (χ0n) is 17.8. The van der Waals surface area contributed by atoms with Crippen LogP contribution in [0.15, 0.2) is 41.8 Å². The molecule has 1 aliphatic rings. The van der Waals surface area contributed by atoms with E-state index in [1.807, 2.05) is 36.9 Å². The van der Waals surface area contributed by atoms with Gasteiger partial charge in [0.05, 0.1) is 12.6 Å². The number of carbonyl (C=O) groups is 2. The van der Waals surface area contributed by atoms with E-state index in [0.717, 1.165) is 24.8 Å². The molecule has 1 aromatic carbocycles.